The van der Waals surface area contributed by atoms with Crippen molar-refractivity contribution in [2.45, 2.75) is 30.9 Å². The van der Waals surface area contributed by atoms with Gasteiger partial charge in [0.2, 0.25) is 16.8 Å². The second-order valence-electron chi connectivity index (χ2n) is 8.42. The molecular weight excluding hydrogens is 460 g/mol. The number of nitrogens with zero attached hydrogens (tertiary/aromatic N) is 2. The smallest absolute Gasteiger partial charge is 0.253 e. The molecule has 10 heteroatoms. The number of likely N-dealkylation sites (N-methyl/N-ethyl adjacent to an activating group) is 1. The van der Waals surface area contributed by atoms with Gasteiger partial charge in [-0.05, 0) is 43.2 Å². The molecule has 2 aromatic carbocycles. The van der Waals surface area contributed by atoms with Crippen molar-refractivity contribution >= 4 is 15.9 Å². The first-order valence-electron chi connectivity index (χ1n) is 11.0. The van der Waals surface area contributed by atoms with Crippen molar-refractivity contribution in [1.82, 2.24) is 9.21 Å². The maximum absolute atomic E-state index is 13.3. The minimum absolute atomic E-state index is 0.115. The van der Waals surface area contributed by atoms with E-state index in [1.54, 1.807) is 50.4 Å². The quantitative estimate of drug-likeness (QED) is 0.513. The average Bonchev–Trinajstić information content (AvgIpc) is 3.33. The van der Waals surface area contributed by atoms with E-state index in [0.29, 0.717) is 17.1 Å². The number of carbonyl (C=O) groups is 1. The van der Waals surface area contributed by atoms with Gasteiger partial charge in [0.15, 0.2) is 11.5 Å². The standard InChI is InChI=1S/C24H32N2O7S/c1-17(13-26(18(2)15-27)34(29,30)20-8-6-5-7-9-20)23(31-4)14-25(3)24(28)19-10-11-21-22(12-19)33-16-32-21/h5-12,17-18,23,27H,13-16H2,1-4H3/t17-,18-,23-/m1/s1. The fourth-order valence-corrected chi connectivity index (χ4v) is 5.57. The van der Waals surface area contributed by atoms with Crippen molar-refractivity contribution in [2.75, 3.05) is 40.6 Å². The van der Waals surface area contributed by atoms with Crippen molar-refractivity contribution in [3.05, 3.63) is 54.1 Å². The van der Waals surface area contributed by atoms with Gasteiger partial charge < -0.3 is 24.2 Å². The Morgan fingerprint density at radius 3 is 2.41 bits per heavy atom. The summed E-state index contributed by atoms with van der Waals surface area (Å²) in [4.78, 5) is 14.7. The highest BCUT2D eigenvalue weighted by atomic mass is 32.2. The van der Waals surface area contributed by atoms with Gasteiger partial charge in [-0.25, -0.2) is 8.42 Å². The minimum Gasteiger partial charge on any atom is -0.454 e. The third-order valence-electron chi connectivity index (χ3n) is 5.93. The lowest BCUT2D eigenvalue weighted by molar-refractivity contribution is 0.0221. The largest absolute Gasteiger partial charge is 0.454 e. The molecule has 3 rings (SSSR count). The van der Waals surface area contributed by atoms with Gasteiger partial charge in [-0.3, -0.25) is 4.79 Å². The number of aliphatic hydroxyl groups is 1. The monoisotopic (exact) mass is 492 g/mol. The first-order valence-corrected chi connectivity index (χ1v) is 12.5. The number of ether oxygens (including phenoxy) is 3. The zero-order valence-corrected chi connectivity index (χ0v) is 20.7. The van der Waals surface area contributed by atoms with Crippen LogP contribution in [0.25, 0.3) is 0 Å². The van der Waals surface area contributed by atoms with Gasteiger partial charge >= 0.3 is 0 Å². The van der Waals surface area contributed by atoms with Gasteiger partial charge in [0.1, 0.15) is 0 Å². The molecule has 0 saturated carbocycles. The summed E-state index contributed by atoms with van der Waals surface area (Å²) >= 11 is 0. The normalized spacial score (nSPS) is 15.7. The van der Waals surface area contributed by atoms with Gasteiger partial charge in [0.25, 0.3) is 5.91 Å². The Hall–Kier alpha value is -2.66. The molecule has 0 aromatic heterocycles. The van der Waals surface area contributed by atoms with E-state index >= 15 is 0 Å². The van der Waals surface area contributed by atoms with Crippen LogP contribution in [0, 0.1) is 5.92 Å². The van der Waals surface area contributed by atoms with Crippen LogP contribution >= 0.6 is 0 Å². The molecule has 0 bridgehead atoms. The molecule has 34 heavy (non-hydrogen) atoms. The summed E-state index contributed by atoms with van der Waals surface area (Å²) in [5.41, 5.74) is 0.455. The van der Waals surface area contributed by atoms with E-state index in [1.165, 1.54) is 28.4 Å². The summed E-state index contributed by atoms with van der Waals surface area (Å²) in [5.74, 6) is 0.630. The molecule has 0 unspecified atom stereocenters. The minimum atomic E-state index is -3.83. The zero-order valence-electron chi connectivity index (χ0n) is 19.9. The Morgan fingerprint density at radius 1 is 1.09 bits per heavy atom. The van der Waals surface area contributed by atoms with Gasteiger partial charge in [0, 0.05) is 38.9 Å². The molecule has 1 N–H and O–H groups in total. The number of carbonyl (C=O) groups excluding carboxylic acids is 1. The van der Waals surface area contributed by atoms with Crippen LogP contribution in [0.3, 0.4) is 0 Å². The number of methoxy groups -OCH3 is 1. The van der Waals surface area contributed by atoms with Gasteiger partial charge in [0.05, 0.1) is 17.6 Å². The summed E-state index contributed by atoms with van der Waals surface area (Å²) in [6.07, 6.45) is -0.442. The van der Waals surface area contributed by atoms with E-state index in [1.807, 2.05) is 6.92 Å². The lowest BCUT2D eigenvalue weighted by Gasteiger charge is -2.33. The van der Waals surface area contributed by atoms with Crippen LogP contribution in [0.15, 0.2) is 53.4 Å². The van der Waals surface area contributed by atoms with Gasteiger partial charge in [-0.1, -0.05) is 25.1 Å². The molecule has 1 heterocycles. The third kappa shape index (κ3) is 5.69. The van der Waals surface area contributed by atoms with E-state index in [4.69, 9.17) is 14.2 Å². The molecule has 1 amide bonds. The van der Waals surface area contributed by atoms with Crippen molar-refractivity contribution in [3.63, 3.8) is 0 Å². The fraction of sp³-hybridized carbons (Fsp3) is 0.458. The van der Waals surface area contributed by atoms with Crippen molar-refractivity contribution in [2.24, 2.45) is 5.92 Å². The molecule has 0 radical (unpaired) electrons. The lowest BCUT2D eigenvalue weighted by atomic mass is 10.0. The molecular formula is C24H32N2O7S. The number of amides is 1. The van der Waals surface area contributed by atoms with Crippen LogP contribution < -0.4 is 9.47 Å². The Labute approximate surface area is 200 Å². The van der Waals surface area contributed by atoms with Crippen LogP contribution in [-0.4, -0.2) is 81.4 Å². The Balaban J connectivity index is 1.72. The Morgan fingerprint density at radius 2 is 1.76 bits per heavy atom. The summed E-state index contributed by atoms with van der Waals surface area (Å²) < 4.78 is 44.1. The summed E-state index contributed by atoms with van der Waals surface area (Å²) in [5, 5.41) is 9.73. The van der Waals surface area contributed by atoms with Crippen LogP contribution in [-0.2, 0) is 14.8 Å². The van der Waals surface area contributed by atoms with Crippen LogP contribution in [0.1, 0.15) is 24.2 Å². The number of benzene rings is 2. The van der Waals surface area contributed by atoms with Gasteiger partial charge in [-0.2, -0.15) is 4.31 Å². The molecule has 0 spiro atoms. The second-order valence-corrected chi connectivity index (χ2v) is 10.3. The SMILES string of the molecule is CO[C@H](CN(C)C(=O)c1ccc2c(c1)OCO2)[C@H](C)CN([C@H](C)CO)S(=O)(=O)c1ccccc1. The molecule has 186 valence electrons. The van der Waals surface area contributed by atoms with Gasteiger partial charge in [-0.15, -0.1) is 0 Å². The highest BCUT2D eigenvalue weighted by Gasteiger charge is 2.33. The number of hydrogen-bond donors (Lipinski definition) is 1. The lowest BCUT2D eigenvalue weighted by Crippen LogP contribution is -2.47. The zero-order chi connectivity index (χ0) is 24.9. The predicted molar refractivity (Wildman–Crippen MR) is 126 cm³/mol. The molecule has 1 aliphatic heterocycles. The number of sulfonamides is 1. The maximum atomic E-state index is 13.3. The highest BCUT2D eigenvalue weighted by molar-refractivity contribution is 7.89. The number of hydrogen-bond acceptors (Lipinski definition) is 7. The molecule has 0 aliphatic carbocycles. The maximum Gasteiger partial charge on any atom is 0.253 e. The van der Waals surface area contributed by atoms with E-state index < -0.39 is 22.2 Å². The molecule has 0 saturated heterocycles. The average molecular weight is 493 g/mol. The molecule has 9 nitrogen and oxygen atoms in total. The fourth-order valence-electron chi connectivity index (χ4n) is 3.82. The van der Waals surface area contributed by atoms with Crippen LogP contribution in [0.4, 0.5) is 0 Å². The third-order valence-corrected chi connectivity index (χ3v) is 7.93. The van der Waals surface area contributed by atoms with E-state index in [9.17, 15) is 18.3 Å². The molecule has 2 aromatic rings. The van der Waals surface area contributed by atoms with Crippen molar-refractivity contribution in [1.29, 1.82) is 0 Å². The first kappa shape index (κ1) is 26.0. The van der Waals surface area contributed by atoms with Crippen molar-refractivity contribution in [3.8, 4) is 11.5 Å². The molecule has 1 aliphatic rings. The topological polar surface area (TPSA) is 106 Å². The summed E-state index contributed by atoms with van der Waals surface area (Å²) in [6, 6.07) is 12.5. The number of fused-ring (bicyclic) bond motifs is 1. The summed E-state index contributed by atoms with van der Waals surface area (Å²) in [7, 11) is -0.631. The predicted octanol–water partition coefficient (Wildman–Crippen LogP) is 2.21. The molecule has 0 fully saturated rings. The van der Waals surface area contributed by atoms with E-state index in [2.05, 4.69) is 0 Å². The molecule has 3 atom stereocenters. The van der Waals surface area contributed by atoms with E-state index in [-0.39, 0.29) is 43.2 Å². The van der Waals surface area contributed by atoms with Crippen molar-refractivity contribution < 1.29 is 32.5 Å². The van der Waals surface area contributed by atoms with Crippen LogP contribution in [0.5, 0.6) is 11.5 Å². The van der Waals surface area contributed by atoms with Crippen LogP contribution in [0.2, 0.25) is 0 Å². The van der Waals surface area contributed by atoms with E-state index in [0.717, 1.165) is 0 Å². The number of rotatable bonds is 11. The highest BCUT2D eigenvalue weighted by Crippen LogP contribution is 2.32. The first-order chi connectivity index (χ1) is 16.2. The number of aliphatic hydroxyl groups excluding tert-OH is 1. The second kappa shape index (κ2) is 11.2. The Kier molecular flexibility index (Phi) is 8.53. The summed E-state index contributed by atoms with van der Waals surface area (Å²) in [6.45, 7) is 3.69. The Bertz CT molecular complexity index is 1080.